The van der Waals surface area contributed by atoms with Gasteiger partial charge in [0.25, 0.3) is 5.89 Å². The predicted molar refractivity (Wildman–Crippen MR) is 90.7 cm³/mol. The minimum Gasteiger partial charge on any atom is -0.497 e. The number of hydrogen-bond acceptors (Lipinski definition) is 7. The summed E-state index contributed by atoms with van der Waals surface area (Å²) < 4.78 is 10.4. The van der Waals surface area contributed by atoms with E-state index < -0.39 is 0 Å². The molecule has 0 spiro atoms. The van der Waals surface area contributed by atoms with Crippen molar-refractivity contribution in [3.05, 3.63) is 36.4 Å². The van der Waals surface area contributed by atoms with Crippen LogP contribution in [0, 0.1) is 0 Å². The van der Waals surface area contributed by atoms with E-state index in [1.165, 1.54) is 0 Å². The van der Waals surface area contributed by atoms with Crippen LogP contribution in [0.15, 0.2) is 40.9 Å². The third-order valence-electron chi connectivity index (χ3n) is 3.66. The summed E-state index contributed by atoms with van der Waals surface area (Å²) in [5, 5.41) is 15.5. The Labute approximate surface area is 140 Å². The Morgan fingerprint density at radius 3 is 2.54 bits per heavy atom. The first kappa shape index (κ1) is 15.9. The summed E-state index contributed by atoms with van der Waals surface area (Å²) in [6.07, 6.45) is 1.01. The largest absolute Gasteiger partial charge is 0.497 e. The first-order valence-corrected chi connectivity index (χ1v) is 7.78. The van der Waals surface area contributed by atoms with Gasteiger partial charge in [0, 0.05) is 11.6 Å². The van der Waals surface area contributed by atoms with E-state index in [1.807, 2.05) is 36.4 Å². The van der Waals surface area contributed by atoms with E-state index in [0.29, 0.717) is 23.5 Å². The SMILES string of the molecule is CCC(C)Nc1ccc(-c2nc(-c3ccc(OC)cc3)no2)nn1. The maximum absolute atomic E-state index is 5.29. The molecule has 0 bridgehead atoms. The molecule has 3 rings (SSSR count). The van der Waals surface area contributed by atoms with Crippen LogP contribution in [0.25, 0.3) is 23.0 Å². The van der Waals surface area contributed by atoms with Crippen molar-refractivity contribution in [1.29, 1.82) is 0 Å². The van der Waals surface area contributed by atoms with Crippen LogP contribution in [-0.2, 0) is 0 Å². The Morgan fingerprint density at radius 1 is 1.12 bits per heavy atom. The molecule has 7 nitrogen and oxygen atoms in total. The molecule has 0 amide bonds. The van der Waals surface area contributed by atoms with Crippen molar-refractivity contribution < 1.29 is 9.26 Å². The molecule has 0 aliphatic heterocycles. The molecule has 1 atom stereocenters. The van der Waals surface area contributed by atoms with Crippen LogP contribution < -0.4 is 10.1 Å². The Morgan fingerprint density at radius 2 is 1.92 bits per heavy atom. The zero-order chi connectivity index (χ0) is 16.9. The van der Waals surface area contributed by atoms with E-state index >= 15 is 0 Å². The van der Waals surface area contributed by atoms with Crippen LogP contribution in [0.1, 0.15) is 20.3 Å². The van der Waals surface area contributed by atoms with Gasteiger partial charge < -0.3 is 14.6 Å². The molecule has 0 saturated carbocycles. The van der Waals surface area contributed by atoms with E-state index in [4.69, 9.17) is 9.26 Å². The second-order valence-electron chi connectivity index (χ2n) is 5.41. The molecular weight excluding hydrogens is 306 g/mol. The second-order valence-corrected chi connectivity index (χ2v) is 5.41. The van der Waals surface area contributed by atoms with Crippen LogP contribution in [-0.4, -0.2) is 33.5 Å². The Balaban J connectivity index is 1.77. The third-order valence-corrected chi connectivity index (χ3v) is 3.66. The summed E-state index contributed by atoms with van der Waals surface area (Å²) in [6, 6.07) is 11.4. The van der Waals surface area contributed by atoms with Crippen LogP contribution in [0.2, 0.25) is 0 Å². The molecule has 0 radical (unpaired) electrons. The smallest absolute Gasteiger partial charge is 0.278 e. The van der Waals surface area contributed by atoms with Crippen molar-refractivity contribution in [2.75, 3.05) is 12.4 Å². The average molecular weight is 325 g/mol. The van der Waals surface area contributed by atoms with Crippen molar-refractivity contribution in [2.24, 2.45) is 0 Å². The fraction of sp³-hybridized carbons (Fsp3) is 0.294. The quantitative estimate of drug-likeness (QED) is 0.743. The molecular formula is C17H19N5O2. The number of methoxy groups -OCH3 is 1. The van der Waals surface area contributed by atoms with E-state index in [0.717, 1.165) is 23.6 Å². The molecule has 1 unspecified atom stereocenters. The lowest BCUT2D eigenvalue weighted by molar-refractivity contribution is 0.414. The van der Waals surface area contributed by atoms with E-state index in [1.54, 1.807) is 7.11 Å². The summed E-state index contributed by atoms with van der Waals surface area (Å²) in [6.45, 7) is 4.20. The zero-order valence-corrected chi connectivity index (χ0v) is 13.9. The Bertz CT molecular complexity index is 784. The standard InChI is InChI=1S/C17H19N5O2/c1-4-11(2)18-15-10-9-14(20-21-15)17-19-16(22-24-17)12-5-7-13(23-3)8-6-12/h5-11H,4H2,1-3H3,(H,18,21). The molecule has 0 saturated heterocycles. The predicted octanol–water partition coefficient (Wildman–Crippen LogP) is 3.41. The molecule has 0 aliphatic carbocycles. The maximum Gasteiger partial charge on any atom is 0.278 e. The van der Waals surface area contributed by atoms with Gasteiger partial charge in [-0.2, -0.15) is 4.98 Å². The number of ether oxygens (including phenoxy) is 1. The first-order valence-electron chi connectivity index (χ1n) is 7.78. The lowest BCUT2D eigenvalue weighted by atomic mass is 10.2. The maximum atomic E-state index is 5.29. The van der Waals surface area contributed by atoms with Crippen molar-refractivity contribution in [2.45, 2.75) is 26.3 Å². The molecule has 2 heterocycles. The van der Waals surface area contributed by atoms with E-state index in [-0.39, 0.29) is 0 Å². The summed E-state index contributed by atoms with van der Waals surface area (Å²) in [7, 11) is 1.62. The third kappa shape index (κ3) is 3.51. The normalized spacial score (nSPS) is 12.0. The van der Waals surface area contributed by atoms with Gasteiger partial charge in [-0.3, -0.25) is 0 Å². The molecule has 2 aromatic heterocycles. The number of hydrogen-bond donors (Lipinski definition) is 1. The monoisotopic (exact) mass is 325 g/mol. The lowest BCUT2D eigenvalue weighted by Gasteiger charge is -2.10. The topological polar surface area (TPSA) is 86.0 Å². The van der Waals surface area contributed by atoms with Crippen LogP contribution in [0.3, 0.4) is 0 Å². The number of benzene rings is 1. The van der Waals surface area contributed by atoms with Gasteiger partial charge >= 0.3 is 0 Å². The highest BCUT2D eigenvalue weighted by atomic mass is 16.5. The highest BCUT2D eigenvalue weighted by Gasteiger charge is 2.12. The highest BCUT2D eigenvalue weighted by molar-refractivity contribution is 5.59. The molecule has 1 aromatic carbocycles. The first-order chi connectivity index (χ1) is 11.7. The van der Waals surface area contributed by atoms with E-state index in [2.05, 4.69) is 39.5 Å². The van der Waals surface area contributed by atoms with Crippen LogP contribution in [0.4, 0.5) is 5.82 Å². The summed E-state index contributed by atoms with van der Waals surface area (Å²) in [4.78, 5) is 4.37. The molecule has 0 aliphatic rings. The Kier molecular flexibility index (Phi) is 4.69. The molecule has 7 heteroatoms. The molecule has 24 heavy (non-hydrogen) atoms. The van der Waals surface area contributed by atoms with E-state index in [9.17, 15) is 0 Å². The van der Waals surface area contributed by atoms with Crippen LogP contribution in [0.5, 0.6) is 5.75 Å². The molecule has 3 aromatic rings. The second kappa shape index (κ2) is 7.08. The van der Waals surface area contributed by atoms with Crippen LogP contribution >= 0.6 is 0 Å². The van der Waals surface area contributed by atoms with Gasteiger partial charge in [-0.05, 0) is 49.7 Å². The fourth-order valence-corrected chi connectivity index (χ4v) is 2.06. The van der Waals surface area contributed by atoms with Gasteiger partial charge in [0.05, 0.1) is 7.11 Å². The number of aromatic nitrogens is 4. The summed E-state index contributed by atoms with van der Waals surface area (Å²) in [5.74, 6) is 2.33. The zero-order valence-electron chi connectivity index (χ0n) is 13.9. The number of nitrogens with zero attached hydrogens (tertiary/aromatic N) is 4. The van der Waals surface area contributed by atoms with Gasteiger partial charge in [-0.1, -0.05) is 12.1 Å². The molecule has 1 N–H and O–H groups in total. The number of rotatable bonds is 6. The van der Waals surface area contributed by atoms with Crippen molar-refractivity contribution in [3.8, 4) is 28.7 Å². The average Bonchev–Trinajstić information content (AvgIpc) is 3.12. The molecule has 0 fully saturated rings. The summed E-state index contributed by atoms with van der Waals surface area (Å²) in [5.41, 5.74) is 1.38. The van der Waals surface area contributed by atoms with Gasteiger partial charge in [-0.25, -0.2) is 0 Å². The van der Waals surface area contributed by atoms with Crippen molar-refractivity contribution in [3.63, 3.8) is 0 Å². The van der Waals surface area contributed by atoms with Gasteiger partial charge in [0.1, 0.15) is 11.6 Å². The van der Waals surface area contributed by atoms with Gasteiger partial charge in [0.15, 0.2) is 5.69 Å². The molecule has 124 valence electrons. The summed E-state index contributed by atoms with van der Waals surface area (Å²) >= 11 is 0. The minimum atomic E-state index is 0.336. The number of anilines is 1. The number of nitrogens with one attached hydrogen (secondary N) is 1. The van der Waals surface area contributed by atoms with Gasteiger partial charge in [-0.15, -0.1) is 10.2 Å². The Hall–Kier alpha value is -2.96. The van der Waals surface area contributed by atoms with Crippen molar-refractivity contribution in [1.82, 2.24) is 20.3 Å². The highest BCUT2D eigenvalue weighted by Crippen LogP contribution is 2.23. The van der Waals surface area contributed by atoms with Gasteiger partial charge in [0.2, 0.25) is 5.82 Å². The lowest BCUT2D eigenvalue weighted by Crippen LogP contribution is -2.14. The fourth-order valence-electron chi connectivity index (χ4n) is 2.06. The minimum absolute atomic E-state index is 0.336. The van der Waals surface area contributed by atoms with Crippen molar-refractivity contribution >= 4 is 5.82 Å².